The molecule has 2 heteroatoms. The second-order valence-corrected chi connectivity index (χ2v) is 4.78. The van der Waals surface area contributed by atoms with E-state index in [9.17, 15) is 4.79 Å². The molecule has 0 saturated carbocycles. The van der Waals surface area contributed by atoms with E-state index in [1.165, 1.54) is 6.42 Å². The van der Waals surface area contributed by atoms with Crippen LogP contribution in [0.1, 0.15) is 25.3 Å². The number of amides is 1. The van der Waals surface area contributed by atoms with Crippen LogP contribution in [-0.4, -0.2) is 23.9 Å². The molecule has 1 aliphatic rings. The van der Waals surface area contributed by atoms with Gasteiger partial charge in [-0.05, 0) is 30.4 Å². The topological polar surface area (TPSA) is 20.3 Å². The molecule has 17 heavy (non-hydrogen) atoms. The van der Waals surface area contributed by atoms with E-state index in [4.69, 9.17) is 0 Å². The van der Waals surface area contributed by atoms with E-state index in [2.05, 4.69) is 6.92 Å². The van der Waals surface area contributed by atoms with Crippen molar-refractivity contribution in [2.45, 2.75) is 19.8 Å². The Morgan fingerprint density at radius 1 is 1.35 bits per heavy atom. The molecule has 1 aromatic carbocycles. The largest absolute Gasteiger partial charge is 0.339 e. The summed E-state index contributed by atoms with van der Waals surface area (Å²) < 4.78 is 0. The maximum absolute atomic E-state index is 12.0. The van der Waals surface area contributed by atoms with Gasteiger partial charge in [-0.1, -0.05) is 37.3 Å². The molecule has 1 heterocycles. The lowest BCUT2D eigenvalue weighted by Gasteiger charge is -2.30. The molecule has 1 saturated heterocycles. The molecule has 1 atom stereocenters. The standard InChI is InChI=1S/C15H19NO/c1-13-6-5-11-16(12-13)15(17)10-9-14-7-3-2-4-8-14/h2-4,7-10,13H,5-6,11-12H2,1H3/b10-9+/t13-/m1/s1. The van der Waals surface area contributed by atoms with E-state index in [1.807, 2.05) is 41.3 Å². The molecule has 2 rings (SSSR count). The van der Waals surface area contributed by atoms with Crippen LogP contribution < -0.4 is 0 Å². The summed E-state index contributed by atoms with van der Waals surface area (Å²) in [5, 5.41) is 0. The Balaban J connectivity index is 1.94. The molecule has 1 amide bonds. The van der Waals surface area contributed by atoms with Gasteiger partial charge >= 0.3 is 0 Å². The number of hydrogen-bond acceptors (Lipinski definition) is 1. The summed E-state index contributed by atoms with van der Waals surface area (Å²) in [7, 11) is 0. The first kappa shape index (κ1) is 11.9. The fraction of sp³-hybridized carbons (Fsp3) is 0.400. The summed E-state index contributed by atoms with van der Waals surface area (Å²) in [6.07, 6.45) is 5.95. The second-order valence-electron chi connectivity index (χ2n) is 4.78. The van der Waals surface area contributed by atoms with Crippen molar-refractivity contribution in [1.82, 2.24) is 4.90 Å². The Morgan fingerprint density at radius 3 is 2.82 bits per heavy atom. The van der Waals surface area contributed by atoms with Gasteiger partial charge in [-0.3, -0.25) is 4.79 Å². The maximum atomic E-state index is 12.0. The molecule has 0 aromatic heterocycles. The smallest absolute Gasteiger partial charge is 0.246 e. The first-order valence-corrected chi connectivity index (χ1v) is 6.28. The van der Waals surface area contributed by atoms with Crippen LogP contribution in [0.2, 0.25) is 0 Å². The van der Waals surface area contributed by atoms with Crippen LogP contribution in [-0.2, 0) is 4.79 Å². The first-order chi connectivity index (χ1) is 8.25. The molecule has 1 fully saturated rings. The fourth-order valence-corrected chi connectivity index (χ4v) is 2.23. The zero-order valence-electron chi connectivity index (χ0n) is 10.3. The van der Waals surface area contributed by atoms with Gasteiger partial charge in [-0.25, -0.2) is 0 Å². The van der Waals surface area contributed by atoms with Crippen LogP contribution >= 0.6 is 0 Å². The number of nitrogens with zero attached hydrogens (tertiary/aromatic N) is 1. The van der Waals surface area contributed by atoms with Crippen LogP contribution in [0.3, 0.4) is 0 Å². The highest BCUT2D eigenvalue weighted by atomic mass is 16.2. The van der Waals surface area contributed by atoms with Crippen molar-refractivity contribution in [2.75, 3.05) is 13.1 Å². The average molecular weight is 229 g/mol. The third-order valence-corrected chi connectivity index (χ3v) is 3.19. The Labute approximate surface area is 103 Å². The minimum Gasteiger partial charge on any atom is -0.339 e. The van der Waals surface area contributed by atoms with Crippen molar-refractivity contribution < 1.29 is 4.79 Å². The molecule has 1 aromatic rings. The zero-order chi connectivity index (χ0) is 12.1. The number of likely N-dealkylation sites (tertiary alicyclic amines) is 1. The van der Waals surface area contributed by atoms with Crippen molar-refractivity contribution >= 4 is 12.0 Å². The SMILES string of the molecule is C[C@@H]1CCCN(C(=O)/C=C/c2ccccc2)C1. The molecular formula is C15H19NO. The van der Waals surface area contributed by atoms with Gasteiger partial charge < -0.3 is 4.90 Å². The molecule has 0 unspecified atom stereocenters. The Morgan fingerprint density at radius 2 is 2.12 bits per heavy atom. The summed E-state index contributed by atoms with van der Waals surface area (Å²) in [6.45, 7) is 4.01. The van der Waals surface area contributed by atoms with Gasteiger partial charge in [0.2, 0.25) is 5.91 Å². The summed E-state index contributed by atoms with van der Waals surface area (Å²) in [6, 6.07) is 9.94. The molecule has 0 spiro atoms. The number of hydrogen-bond donors (Lipinski definition) is 0. The van der Waals surface area contributed by atoms with E-state index in [1.54, 1.807) is 6.08 Å². The van der Waals surface area contributed by atoms with Crippen LogP contribution in [0.4, 0.5) is 0 Å². The third kappa shape index (κ3) is 3.45. The van der Waals surface area contributed by atoms with E-state index in [-0.39, 0.29) is 5.91 Å². The van der Waals surface area contributed by atoms with Crippen LogP contribution in [0.15, 0.2) is 36.4 Å². The summed E-state index contributed by atoms with van der Waals surface area (Å²) >= 11 is 0. The third-order valence-electron chi connectivity index (χ3n) is 3.19. The van der Waals surface area contributed by atoms with Gasteiger partial charge in [0.05, 0.1) is 0 Å². The minimum atomic E-state index is 0.139. The van der Waals surface area contributed by atoms with E-state index >= 15 is 0 Å². The van der Waals surface area contributed by atoms with Crippen molar-refractivity contribution in [1.29, 1.82) is 0 Å². The second kappa shape index (κ2) is 5.67. The monoisotopic (exact) mass is 229 g/mol. The van der Waals surface area contributed by atoms with Gasteiger partial charge in [0, 0.05) is 19.2 Å². The summed E-state index contributed by atoms with van der Waals surface area (Å²) in [5.41, 5.74) is 1.07. The van der Waals surface area contributed by atoms with E-state index in [0.717, 1.165) is 25.1 Å². The molecule has 0 N–H and O–H groups in total. The van der Waals surface area contributed by atoms with Gasteiger partial charge in [0.25, 0.3) is 0 Å². The van der Waals surface area contributed by atoms with Crippen LogP contribution in [0.25, 0.3) is 6.08 Å². The molecule has 2 nitrogen and oxygen atoms in total. The fourth-order valence-electron chi connectivity index (χ4n) is 2.23. The molecule has 90 valence electrons. The highest BCUT2D eigenvalue weighted by Crippen LogP contribution is 2.15. The van der Waals surface area contributed by atoms with Gasteiger partial charge in [0.1, 0.15) is 0 Å². The van der Waals surface area contributed by atoms with Crippen molar-refractivity contribution in [3.05, 3.63) is 42.0 Å². The summed E-state index contributed by atoms with van der Waals surface area (Å²) in [5.74, 6) is 0.776. The predicted octanol–water partition coefficient (Wildman–Crippen LogP) is 2.96. The van der Waals surface area contributed by atoms with Crippen LogP contribution in [0.5, 0.6) is 0 Å². The minimum absolute atomic E-state index is 0.139. The molecule has 0 bridgehead atoms. The number of carbonyl (C=O) groups is 1. The quantitative estimate of drug-likeness (QED) is 0.714. The maximum Gasteiger partial charge on any atom is 0.246 e. The Kier molecular flexibility index (Phi) is 3.97. The normalized spacial score (nSPS) is 20.8. The van der Waals surface area contributed by atoms with E-state index in [0.29, 0.717) is 5.92 Å². The van der Waals surface area contributed by atoms with Gasteiger partial charge in [0.15, 0.2) is 0 Å². The van der Waals surface area contributed by atoms with Crippen LogP contribution in [0, 0.1) is 5.92 Å². The average Bonchev–Trinajstić information content (AvgIpc) is 2.37. The Hall–Kier alpha value is -1.57. The molecular weight excluding hydrogens is 210 g/mol. The zero-order valence-corrected chi connectivity index (χ0v) is 10.3. The lowest BCUT2D eigenvalue weighted by atomic mass is 10.0. The predicted molar refractivity (Wildman–Crippen MR) is 70.5 cm³/mol. The van der Waals surface area contributed by atoms with E-state index < -0.39 is 0 Å². The van der Waals surface area contributed by atoms with Crippen molar-refractivity contribution in [3.8, 4) is 0 Å². The molecule has 0 radical (unpaired) electrons. The van der Waals surface area contributed by atoms with Crippen molar-refractivity contribution in [3.63, 3.8) is 0 Å². The van der Waals surface area contributed by atoms with Crippen molar-refractivity contribution in [2.24, 2.45) is 5.92 Å². The van der Waals surface area contributed by atoms with Gasteiger partial charge in [-0.15, -0.1) is 0 Å². The van der Waals surface area contributed by atoms with Gasteiger partial charge in [-0.2, -0.15) is 0 Å². The number of rotatable bonds is 2. The lowest BCUT2D eigenvalue weighted by molar-refractivity contribution is -0.127. The number of benzene rings is 1. The highest BCUT2D eigenvalue weighted by molar-refractivity contribution is 5.91. The molecule has 0 aliphatic carbocycles. The first-order valence-electron chi connectivity index (χ1n) is 6.28. The number of piperidine rings is 1. The summed E-state index contributed by atoms with van der Waals surface area (Å²) in [4.78, 5) is 13.9. The molecule has 1 aliphatic heterocycles. The Bertz CT molecular complexity index is 397. The highest BCUT2D eigenvalue weighted by Gasteiger charge is 2.18. The number of carbonyl (C=O) groups excluding carboxylic acids is 1. The lowest BCUT2D eigenvalue weighted by Crippen LogP contribution is -2.38.